The number of rotatable bonds is 4. The summed E-state index contributed by atoms with van der Waals surface area (Å²) in [5, 5.41) is 3.39. The molecule has 6 heteroatoms. The summed E-state index contributed by atoms with van der Waals surface area (Å²) in [5.74, 6) is -0.147. The molecule has 0 unspecified atom stereocenters. The number of carbonyl (C=O) groups is 2. The van der Waals surface area contributed by atoms with Crippen molar-refractivity contribution in [1.82, 2.24) is 4.57 Å². The second kappa shape index (κ2) is 6.09. The molecule has 1 heterocycles. The number of anilines is 1. The first-order valence-corrected chi connectivity index (χ1v) is 7.03. The van der Waals surface area contributed by atoms with E-state index >= 15 is 0 Å². The summed E-state index contributed by atoms with van der Waals surface area (Å²) < 4.78 is 12.4. The van der Waals surface area contributed by atoms with Gasteiger partial charge in [-0.15, -0.1) is 0 Å². The fraction of sp³-hybridized carbons (Fsp3) is 0.375. The predicted octanol–water partition coefficient (Wildman–Crippen LogP) is 2.63. The van der Waals surface area contributed by atoms with Crippen LogP contribution in [-0.4, -0.2) is 30.2 Å². The van der Waals surface area contributed by atoms with E-state index in [4.69, 9.17) is 9.47 Å². The third-order valence-corrected chi connectivity index (χ3v) is 3.62. The summed E-state index contributed by atoms with van der Waals surface area (Å²) in [4.78, 5) is 23.9. The van der Waals surface area contributed by atoms with Crippen molar-refractivity contribution in [1.29, 1.82) is 0 Å². The monoisotopic (exact) mass is 304 g/mol. The number of aryl methyl sites for hydroxylation is 1. The molecular formula is C16H20N2O4. The predicted molar refractivity (Wildman–Crippen MR) is 84.5 cm³/mol. The third-order valence-electron chi connectivity index (χ3n) is 3.62. The van der Waals surface area contributed by atoms with Crippen molar-refractivity contribution in [3.8, 4) is 5.75 Å². The number of hydrogen-bond donors (Lipinski definition) is 1. The lowest BCUT2D eigenvalue weighted by atomic mass is 10.1. The molecule has 0 aliphatic carbocycles. The zero-order valence-electron chi connectivity index (χ0n) is 13.4. The van der Waals surface area contributed by atoms with Crippen LogP contribution < -0.4 is 10.1 Å². The number of esters is 1. The van der Waals surface area contributed by atoms with Crippen LogP contribution in [0.25, 0.3) is 10.9 Å². The van der Waals surface area contributed by atoms with Gasteiger partial charge in [0.1, 0.15) is 5.75 Å². The molecule has 6 nitrogen and oxygen atoms in total. The van der Waals surface area contributed by atoms with Gasteiger partial charge < -0.3 is 19.4 Å². The zero-order valence-corrected chi connectivity index (χ0v) is 13.4. The summed E-state index contributed by atoms with van der Waals surface area (Å²) >= 11 is 0. The summed E-state index contributed by atoms with van der Waals surface area (Å²) in [6, 6.07) is 3.62. The van der Waals surface area contributed by atoms with Crippen molar-refractivity contribution < 1.29 is 19.1 Å². The van der Waals surface area contributed by atoms with E-state index in [1.54, 1.807) is 13.0 Å². The molecule has 2 rings (SSSR count). The van der Waals surface area contributed by atoms with Crippen molar-refractivity contribution in [2.45, 2.75) is 20.8 Å². The minimum Gasteiger partial charge on any atom is -0.495 e. The second-order valence-electron chi connectivity index (χ2n) is 4.96. The number of nitrogens with one attached hydrogen (secondary N) is 1. The normalized spacial score (nSPS) is 10.6. The molecule has 2 aromatic rings. The van der Waals surface area contributed by atoms with Gasteiger partial charge in [0.2, 0.25) is 5.91 Å². The van der Waals surface area contributed by atoms with Crippen molar-refractivity contribution in [3.63, 3.8) is 0 Å². The first-order valence-electron chi connectivity index (χ1n) is 7.03. The van der Waals surface area contributed by atoms with Crippen LogP contribution in [0.1, 0.15) is 29.9 Å². The molecule has 1 N–H and O–H groups in total. The highest BCUT2D eigenvalue weighted by Gasteiger charge is 2.24. The number of hydrogen-bond acceptors (Lipinski definition) is 4. The first-order chi connectivity index (χ1) is 10.4. The van der Waals surface area contributed by atoms with Gasteiger partial charge in [0.15, 0.2) is 0 Å². The molecule has 0 saturated heterocycles. The van der Waals surface area contributed by atoms with Crippen molar-refractivity contribution in [2.75, 3.05) is 19.0 Å². The molecule has 0 spiro atoms. The highest BCUT2D eigenvalue weighted by atomic mass is 16.5. The van der Waals surface area contributed by atoms with E-state index in [0.717, 1.165) is 11.2 Å². The molecule has 118 valence electrons. The molecule has 1 aromatic heterocycles. The van der Waals surface area contributed by atoms with Gasteiger partial charge in [-0.05, 0) is 26.0 Å². The summed E-state index contributed by atoms with van der Waals surface area (Å²) in [6.45, 7) is 5.30. The summed E-state index contributed by atoms with van der Waals surface area (Å²) in [6.07, 6.45) is 0. The van der Waals surface area contributed by atoms with Crippen molar-refractivity contribution in [2.24, 2.45) is 7.05 Å². The van der Waals surface area contributed by atoms with E-state index in [0.29, 0.717) is 22.4 Å². The molecule has 0 bridgehead atoms. The Hall–Kier alpha value is -2.50. The lowest BCUT2D eigenvalue weighted by molar-refractivity contribution is -0.114. The van der Waals surface area contributed by atoms with Crippen LogP contribution in [-0.2, 0) is 16.6 Å². The molecule has 1 aromatic carbocycles. The fourth-order valence-corrected chi connectivity index (χ4v) is 2.56. The van der Waals surface area contributed by atoms with E-state index in [1.807, 2.05) is 24.6 Å². The third kappa shape index (κ3) is 2.52. The quantitative estimate of drug-likeness (QED) is 0.882. The maximum atomic E-state index is 12.3. The van der Waals surface area contributed by atoms with Gasteiger partial charge in [-0.3, -0.25) is 4.79 Å². The fourth-order valence-electron chi connectivity index (χ4n) is 2.56. The van der Waals surface area contributed by atoms with E-state index < -0.39 is 5.97 Å². The number of amides is 1. The van der Waals surface area contributed by atoms with Crippen molar-refractivity contribution >= 4 is 28.5 Å². The summed E-state index contributed by atoms with van der Waals surface area (Å²) in [5.41, 5.74) is 2.53. The van der Waals surface area contributed by atoms with E-state index in [-0.39, 0.29) is 12.5 Å². The Morgan fingerprint density at radius 2 is 2.00 bits per heavy atom. The van der Waals surface area contributed by atoms with Gasteiger partial charge in [-0.2, -0.15) is 0 Å². The topological polar surface area (TPSA) is 69.6 Å². The lowest BCUT2D eigenvalue weighted by Gasteiger charge is -2.12. The largest absolute Gasteiger partial charge is 0.495 e. The average Bonchev–Trinajstić information content (AvgIpc) is 2.72. The van der Waals surface area contributed by atoms with Gasteiger partial charge in [0.25, 0.3) is 0 Å². The van der Waals surface area contributed by atoms with Crippen LogP contribution in [0.2, 0.25) is 0 Å². The lowest BCUT2D eigenvalue weighted by Crippen LogP contribution is -2.10. The molecule has 0 aliphatic heterocycles. The van der Waals surface area contributed by atoms with Crippen molar-refractivity contribution in [3.05, 3.63) is 23.4 Å². The molecule has 0 saturated carbocycles. The highest BCUT2D eigenvalue weighted by Crippen LogP contribution is 2.38. The Morgan fingerprint density at radius 3 is 2.55 bits per heavy atom. The minimum atomic E-state index is -0.412. The first kappa shape index (κ1) is 15.9. The molecule has 0 fully saturated rings. The Balaban J connectivity index is 2.85. The maximum absolute atomic E-state index is 12.3. The number of ether oxygens (including phenoxy) is 2. The number of aromatic nitrogens is 1. The highest BCUT2D eigenvalue weighted by molar-refractivity contribution is 6.14. The smallest absolute Gasteiger partial charge is 0.340 e. The molecule has 0 atom stereocenters. The van der Waals surface area contributed by atoms with Crippen LogP contribution in [0.15, 0.2) is 12.1 Å². The zero-order chi connectivity index (χ0) is 16.4. The Bertz CT molecular complexity index is 746. The molecular weight excluding hydrogens is 284 g/mol. The SMILES string of the molecule is CCOC(=O)c1c(C)n(C)c2ccc(OC)c(NC(C)=O)c12. The van der Waals surface area contributed by atoms with Crippen LogP contribution in [0.4, 0.5) is 5.69 Å². The Kier molecular flexibility index (Phi) is 4.40. The number of methoxy groups -OCH3 is 1. The van der Waals surface area contributed by atoms with E-state index in [9.17, 15) is 9.59 Å². The number of benzene rings is 1. The average molecular weight is 304 g/mol. The van der Waals surface area contributed by atoms with Crippen LogP contribution in [0.5, 0.6) is 5.75 Å². The molecule has 1 amide bonds. The van der Waals surface area contributed by atoms with Gasteiger partial charge in [0.05, 0.1) is 30.5 Å². The number of fused-ring (bicyclic) bond motifs is 1. The molecule has 0 radical (unpaired) electrons. The Morgan fingerprint density at radius 1 is 1.32 bits per heavy atom. The van der Waals surface area contributed by atoms with Crippen LogP contribution >= 0.6 is 0 Å². The second-order valence-corrected chi connectivity index (χ2v) is 4.96. The molecule has 0 aliphatic rings. The standard InChI is InChI=1S/C16H20N2O4/c1-6-22-16(20)13-9(2)18(4)11-7-8-12(21-5)15(14(11)13)17-10(3)19/h7-8H,6H2,1-5H3,(H,17,19). The number of nitrogens with zero attached hydrogens (tertiary/aromatic N) is 1. The Labute approximate surface area is 129 Å². The van der Waals surface area contributed by atoms with Gasteiger partial charge >= 0.3 is 5.97 Å². The van der Waals surface area contributed by atoms with Gasteiger partial charge in [-0.1, -0.05) is 0 Å². The summed E-state index contributed by atoms with van der Waals surface area (Å²) in [7, 11) is 3.39. The number of carbonyl (C=O) groups excluding carboxylic acids is 2. The van der Waals surface area contributed by atoms with Crippen LogP contribution in [0.3, 0.4) is 0 Å². The van der Waals surface area contributed by atoms with Gasteiger partial charge in [-0.25, -0.2) is 4.79 Å². The van der Waals surface area contributed by atoms with Gasteiger partial charge in [0, 0.05) is 25.1 Å². The van der Waals surface area contributed by atoms with Crippen LogP contribution in [0, 0.1) is 6.92 Å². The maximum Gasteiger partial charge on any atom is 0.340 e. The van der Waals surface area contributed by atoms with E-state index in [1.165, 1.54) is 14.0 Å². The molecule has 22 heavy (non-hydrogen) atoms. The van der Waals surface area contributed by atoms with E-state index in [2.05, 4.69) is 5.32 Å². The minimum absolute atomic E-state index is 0.234.